The summed E-state index contributed by atoms with van der Waals surface area (Å²) in [5.74, 6) is -1.47. The molecule has 0 bridgehead atoms. The van der Waals surface area contributed by atoms with Crippen molar-refractivity contribution >= 4 is 36.0 Å². The molecular weight excluding hydrogens is 592 g/mol. The van der Waals surface area contributed by atoms with E-state index in [-0.39, 0.29) is 29.9 Å². The van der Waals surface area contributed by atoms with Crippen LogP contribution in [0.15, 0.2) is 36.9 Å². The Morgan fingerprint density at radius 2 is 1.64 bits per heavy atom. The summed E-state index contributed by atoms with van der Waals surface area (Å²) in [4.78, 5) is 48.3. The first-order valence-corrected chi connectivity index (χ1v) is 14.5. The van der Waals surface area contributed by atoms with Crippen LogP contribution in [-0.4, -0.2) is 69.1 Å². The number of hydrogen-bond acceptors (Lipinski definition) is 11. The second kappa shape index (κ2) is 14.6. The van der Waals surface area contributed by atoms with E-state index in [2.05, 4.69) is 37.8 Å². The molecule has 1 saturated heterocycles. The monoisotopic (exact) mass is 632 g/mol. The molecule has 0 unspecified atom stereocenters. The molecule has 3 rings (SSSR count). The number of esters is 3. The van der Waals surface area contributed by atoms with Gasteiger partial charge in [-0.25, -0.2) is 4.68 Å². The highest BCUT2D eigenvalue weighted by molar-refractivity contribution is 7.71. The van der Waals surface area contributed by atoms with Gasteiger partial charge in [0.2, 0.25) is 10.7 Å². The summed E-state index contributed by atoms with van der Waals surface area (Å²) in [6.45, 7) is 15.0. The van der Waals surface area contributed by atoms with Gasteiger partial charge < -0.3 is 29.0 Å². The van der Waals surface area contributed by atoms with E-state index < -0.39 is 54.4 Å². The Bertz CT molecular complexity index is 1430. The van der Waals surface area contributed by atoms with Crippen molar-refractivity contribution < 1.29 is 42.9 Å². The third-order valence-electron chi connectivity index (χ3n) is 6.69. The minimum atomic E-state index is -1.26. The number of aromatic nitrogens is 3. The number of carbonyl (C=O) groups excluding carboxylic acids is 4. The molecule has 1 amide bonds. The maximum Gasteiger partial charge on any atom is 0.303 e. The van der Waals surface area contributed by atoms with Gasteiger partial charge >= 0.3 is 17.9 Å². The lowest BCUT2D eigenvalue weighted by Crippen LogP contribution is -2.64. The van der Waals surface area contributed by atoms with E-state index in [1.54, 1.807) is 10.6 Å². The Labute approximate surface area is 261 Å². The van der Waals surface area contributed by atoms with Gasteiger partial charge in [-0.2, -0.15) is 5.10 Å². The molecule has 1 aliphatic rings. The molecule has 2 aromatic rings. The number of rotatable bonds is 11. The summed E-state index contributed by atoms with van der Waals surface area (Å²) in [6, 6.07) is 6.62. The Balaban J connectivity index is 2.06. The number of carbonyl (C=O) groups is 4. The Morgan fingerprint density at radius 1 is 1.02 bits per heavy atom. The lowest BCUT2D eigenvalue weighted by molar-refractivity contribution is -0.239. The van der Waals surface area contributed by atoms with Crippen molar-refractivity contribution in [2.75, 3.05) is 6.61 Å². The quantitative estimate of drug-likeness (QED) is 0.168. The molecule has 44 heavy (non-hydrogen) atoms. The van der Waals surface area contributed by atoms with Crippen LogP contribution in [0.2, 0.25) is 0 Å². The van der Waals surface area contributed by atoms with E-state index in [4.69, 9.17) is 35.9 Å². The van der Waals surface area contributed by atoms with Gasteiger partial charge in [-0.1, -0.05) is 39.0 Å². The van der Waals surface area contributed by atoms with Crippen molar-refractivity contribution in [2.24, 2.45) is 0 Å². The Morgan fingerprint density at radius 3 is 2.16 bits per heavy atom. The van der Waals surface area contributed by atoms with Crippen LogP contribution >= 0.6 is 12.2 Å². The van der Waals surface area contributed by atoms with E-state index >= 15 is 0 Å². The summed E-state index contributed by atoms with van der Waals surface area (Å²) >= 11 is 5.77. The number of hydrogen-bond donors (Lipinski definition) is 1. The Kier molecular flexibility index (Phi) is 11.4. The van der Waals surface area contributed by atoms with Gasteiger partial charge in [-0.3, -0.25) is 23.7 Å². The fourth-order valence-corrected chi connectivity index (χ4v) is 5.08. The molecule has 14 heteroatoms. The third kappa shape index (κ3) is 8.76. The van der Waals surface area contributed by atoms with Crippen LogP contribution in [0.5, 0.6) is 5.75 Å². The molecule has 1 N–H and O–H groups in total. The zero-order valence-corrected chi connectivity index (χ0v) is 26.8. The standard InChI is InChI=1S/C30H40N4O9S/c1-9-14-33-24(16-40-22-12-10-21(11-13-22)30(6,7)8)32-34(29(33)44)28-25(31-17(2)35)27(42-20(5)38)26(41-19(4)37)23(43-28)15-39-18(3)36/h9-13,23,25-28H,1,14-16H2,2-8H3,(H,31,35)/t23-,25-,26-,27-,28-/m1/s1. The number of amides is 1. The molecular formula is C30H40N4O9S. The number of benzene rings is 1. The SMILES string of the molecule is C=CCn1c(COc2ccc(C(C)(C)C)cc2)nn([C@@H]2O[C@H](COC(C)=O)[C@@H](OC(C)=O)[C@H](OC(C)=O)[C@H]2NC(C)=O)c1=S. The van der Waals surface area contributed by atoms with Gasteiger partial charge in [0, 0.05) is 34.2 Å². The first-order chi connectivity index (χ1) is 20.6. The third-order valence-corrected chi connectivity index (χ3v) is 7.10. The summed E-state index contributed by atoms with van der Waals surface area (Å²) in [5, 5.41) is 7.41. The molecule has 0 radical (unpaired) electrons. The summed E-state index contributed by atoms with van der Waals surface area (Å²) in [7, 11) is 0. The van der Waals surface area contributed by atoms with Crippen LogP contribution in [0.3, 0.4) is 0 Å². The normalized spacial score (nSPS) is 21.6. The molecule has 0 aliphatic carbocycles. The molecule has 1 aliphatic heterocycles. The van der Waals surface area contributed by atoms with Gasteiger partial charge in [0.25, 0.3) is 0 Å². The zero-order valence-electron chi connectivity index (χ0n) is 26.0. The fraction of sp³-hybridized carbons (Fsp3) is 0.533. The van der Waals surface area contributed by atoms with Crippen LogP contribution < -0.4 is 10.1 Å². The van der Waals surface area contributed by atoms with Gasteiger partial charge in [-0.05, 0) is 35.3 Å². The number of nitrogens with zero attached hydrogens (tertiary/aromatic N) is 3. The van der Waals surface area contributed by atoms with E-state index in [0.717, 1.165) is 5.56 Å². The summed E-state index contributed by atoms with van der Waals surface area (Å²) < 4.78 is 31.8. The van der Waals surface area contributed by atoms with Crippen molar-refractivity contribution in [1.29, 1.82) is 0 Å². The predicted octanol–water partition coefficient (Wildman–Crippen LogP) is 3.31. The molecule has 2 heterocycles. The largest absolute Gasteiger partial charge is 0.486 e. The average molecular weight is 633 g/mol. The number of nitrogens with one attached hydrogen (secondary N) is 1. The molecule has 1 aromatic heterocycles. The number of ether oxygens (including phenoxy) is 5. The maximum absolute atomic E-state index is 12.4. The van der Waals surface area contributed by atoms with Crippen LogP contribution in [-0.2, 0) is 56.7 Å². The number of allylic oxidation sites excluding steroid dienone is 1. The Hall–Kier alpha value is -4.04. The second-order valence-corrected chi connectivity index (χ2v) is 11.7. The second-order valence-electron chi connectivity index (χ2n) is 11.3. The molecule has 0 saturated carbocycles. The van der Waals surface area contributed by atoms with Gasteiger partial charge in [0.05, 0.1) is 0 Å². The first-order valence-electron chi connectivity index (χ1n) is 14.0. The van der Waals surface area contributed by atoms with Crippen LogP contribution in [0.1, 0.15) is 66.1 Å². The highest BCUT2D eigenvalue weighted by atomic mass is 32.1. The summed E-state index contributed by atoms with van der Waals surface area (Å²) in [6.07, 6.45) is -3.16. The molecule has 0 spiro atoms. The highest BCUT2D eigenvalue weighted by Crippen LogP contribution is 2.33. The molecule has 13 nitrogen and oxygen atoms in total. The first kappa shape index (κ1) is 34.5. The lowest BCUT2D eigenvalue weighted by Gasteiger charge is -2.45. The van der Waals surface area contributed by atoms with E-state index in [0.29, 0.717) is 11.6 Å². The van der Waals surface area contributed by atoms with Gasteiger partial charge in [0.15, 0.2) is 24.3 Å². The van der Waals surface area contributed by atoms with Crippen molar-refractivity contribution in [1.82, 2.24) is 19.7 Å². The van der Waals surface area contributed by atoms with Crippen LogP contribution in [0.4, 0.5) is 0 Å². The lowest BCUT2D eigenvalue weighted by atomic mass is 9.87. The summed E-state index contributed by atoms with van der Waals surface area (Å²) in [5.41, 5.74) is 1.14. The topological polar surface area (TPSA) is 149 Å². The van der Waals surface area contributed by atoms with Gasteiger partial charge in [0.1, 0.15) is 31.1 Å². The smallest absolute Gasteiger partial charge is 0.303 e. The highest BCUT2D eigenvalue weighted by Gasteiger charge is 2.52. The minimum absolute atomic E-state index is 0.0162. The van der Waals surface area contributed by atoms with E-state index in [1.807, 2.05) is 24.3 Å². The average Bonchev–Trinajstić information content (AvgIpc) is 3.22. The van der Waals surface area contributed by atoms with Crippen molar-refractivity contribution in [3.05, 3.63) is 53.1 Å². The van der Waals surface area contributed by atoms with Crippen molar-refractivity contribution in [2.45, 2.75) is 97.6 Å². The zero-order chi connectivity index (χ0) is 32.8. The molecule has 1 aromatic carbocycles. The van der Waals surface area contributed by atoms with E-state index in [9.17, 15) is 19.2 Å². The van der Waals surface area contributed by atoms with Crippen molar-refractivity contribution in [3.8, 4) is 5.75 Å². The molecule has 240 valence electrons. The predicted molar refractivity (Wildman–Crippen MR) is 160 cm³/mol. The van der Waals surface area contributed by atoms with Crippen molar-refractivity contribution in [3.63, 3.8) is 0 Å². The fourth-order valence-electron chi connectivity index (χ4n) is 4.76. The molecule has 5 atom stereocenters. The van der Waals surface area contributed by atoms with E-state index in [1.165, 1.54) is 32.4 Å². The van der Waals surface area contributed by atoms with Crippen LogP contribution in [0.25, 0.3) is 0 Å². The minimum Gasteiger partial charge on any atom is -0.486 e. The van der Waals surface area contributed by atoms with Gasteiger partial charge in [-0.15, -0.1) is 6.58 Å². The molecule has 1 fully saturated rings. The maximum atomic E-state index is 12.4. The van der Waals surface area contributed by atoms with Crippen LogP contribution in [0, 0.1) is 4.77 Å².